The van der Waals surface area contributed by atoms with Crippen LogP contribution in [0.2, 0.25) is 0 Å². The fourth-order valence-corrected chi connectivity index (χ4v) is 1.40. The maximum atomic E-state index is 10.7. The third-order valence-electron chi connectivity index (χ3n) is 2.22. The monoisotopic (exact) mass is 200 g/mol. The molecule has 0 fully saturated rings. The average Bonchev–Trinajstić information content (AvgIpc) is 2.16. The van der Waals surface area contributed by atoms with Crippen molar-refractivity contribution in [2.75, 3.05) is 6.54 Å². The van der Waals surface area contributed by atoms with Crippen molar-refractivity contribution in [3.05, 3.63) is 0 Å². The summed E-state index contributed by atoms with van der Waals surface area (Å²) in [6, 6.07) is 0. The van der Waals surface area contributed by atoms with Crippen molar-refractivity contribution >= 4 is 11.8 Å². The first-order valence-corrected chi connectivity index (χ1v) is 4.83. The van der Waals surface area contributed by atoms with E-state index in [-0.39, 0.29) is 6.10 Å². The fraction of sp³-hybridized carbons (Fsp3) is 0.778. The number of nitrogens with two attached hydrogens (primary N) is 1. The van der Waals surface area contributed by atoms with E-state index in [1.807, 2.05) is 0 Å². The minimum absolute atomic E-state index is 0.315. The van der Waals surface area contributed by atoms with Crippen LogP contribution in [0.1, 0.15) is 26.2 Å². The quantitative estimate of drug-likeness (QED) is 0.687. The molecule has 0 aliphatic carbocycles. The second kappa shape index (κ2) is 4.95. The molecule has 1 aliphatic heterocycles. The summed E-state index contributed by atoms with van der Waals surface area (Å²) in [6.45, 7) is 2.49. The van der Waals surface area contributed by atoms with Crippen molar-refractivity contribution in [3.63, 3.8) is 0 Å². The first-order valence-electron chi connectivity index (χ1n) is 4.83. The third-order valence-corrected chi connectivity index (χ3v) is 2.22. The molecule has 5 nitrogen and oxygen atoms in total. The Balaban J connectivity index is 2.53. The lowest BCUT2D eigenvalue weighted by Gasteiger charge is -2.23. The van der Waals surface area contributed by atoms with Crippen molar-refractivity contribution in [1.82, 2.24) is 0 Å². The van der Waals surface area contributed by atoms with Gasteiger partial charge in [0.25, 0.3) is 0 Å². The molecule has 14 heavy (non-hydrogen) atoms. The first kappa shape index (κ1) is 11.0. The molecule has 80 valence electrons. The summed E-state index contributed by atoms with van der Waals surface area (Å²) >= 11 is 0. The topological polar surface area (TPSA) is 84.9 Å². The maximum Gasteiger partial charge on any atom is 0.332 e. The highest BCUT2D eigenvalue weighted by molar-refractivity contribution is 5.85. The molecule has 1 aliphatic rings. The molecule has 0 aromatic rings. The van der Waals surface area contributed by atoms with Crippen LogP contribution in [0.3, 0.4) is 0 Å². The predicted octanol–water partition coefficient (Wildman–Crippen LogP) is 0.386. The molecular formula is C9H16N2O3. The van der Waals surface area contributed by atoms with Gasteiger partial charge in [0.05, 0.1) is 0 Å². The van der Waals surface area contributed by atoms with Crippen LogP contribution in [-0.2, 0) is 9.53 Å². The van der Waals surface area contributed by atoms with Crippen molar-refractivity contribution < 1.29 is 14.6 Å². The minimum atomic E-state index is -0.939. The van der Waals surface area contributed by atoms with Crippen molar-refractivity contribution in [2.45, 2.75) is 38.4 Å². The number of nitrogens with zero attached hydrogens (tertiary/aromatic N) is 1. The summed E-state index contributed by atoms with van der Waals surface area (Å²) in [5.74, 6) is -0.512. The summed E-state index contributed by atoms with van der Waals surface area (Å²) in [7, 11) is 0. The number of ether oxygens (including phenoxy) is 1. The summed E-state index contributed by atoms with van der Waals surface area (Å²) in [4.78, 5) is 14.7. The molecule has 2 atom stereocenters. The van der Waals surface area contributed by atoms with E-state index in [0.717, 1.165) is 19.4 Å². The van der Waals surface area contributed by atoms with Crippen molar-refractivity contribution in [2.24, 2.45) is 10.7 Å². The highest BCUT2D eigenvalue weighted by atomic mass is 16.5. The Morgan fingerprint density at radius 1 is 1.86 bits per heavy atom. The van der Waals surface area contributed by atoms with Crippen LogP contribution in [-0.4, -0.2) is 35.7 Å². The fourth-order valence-electron chi connectivity index (χ4n) is 1.40. The normalized spacial score (nSPS) is 24.1. The van der Waals surface area contributed by atoms with E-state index in [0.29, 0.717) is 12.3 Å². The molecule has 0 aromatic heterocycles. The van der Waals surface area contributed by atoms with Crippen LogP contribution in [0.15, 0.2) is 4.99 Å². The predicted molar refractivity (Wildman–Crippen MR) is 52.3 cm³/mol. The maximum absolute atomic E-state index is 10.7. The van der Waals surface area contributed by atoms with Gasteiger partial charge in [-0.2, -0.15) is 0 Å². The number of aliphatic imine (C=N–C) groups is 1. The van der Waals surface area contributed by atoms with E-state index in [1.54, 1.807) is 6.92 Å². The Kier molecular flexibility index (Phi) is 3.88. The molecule has 3 N–H and O–H groups in total. The van der Waals surface area contributed by atoms with Crippen LogP contribution >= 0.6 is 0 Å². The summed E-state index contributed by atoms with van der Waals surface area (Å²) < 4.78 is 5.36. The van der Waals surface area contributed by atoms with E-state index in [2.05, 4.69) is 4.99 Å². The highest BCUT2D eigenvalue weighted by Crippen LogP contribution is 2.12. The number of carbonyl (C=O) groups is 1. The molecule has 0 saturated heterocycles. The number of amidine groups is 1. The standard InChI is InChI=1S/C9H16N2O3/c1-2-6(9(12)13)14-7-4-3-5-11-8(7)10/h6-7H,2-5H2,1H3,(H2,10,11)(H,12,13). The van der Waals surface area contributed by atoms with E-state index >= 15 is 0 Å². The molecule has 0 aromatic carbocycles. The van der Waals surface area contributed by atoms with E-state index < -0.39 is 12.1 Å². The van der Waals surface area contributed by atoms with Crippen molar-refractivity contribution in [3.8, 4) is 0 Å². The van der Waals surface area contributed by atoms with E-state index in [4.69, 9.17) is 15.6 Å². The van der Waals surface area contributed by atoms with Crippen LogP contribution in [0.5, 0.6) is 0 Å². The lowest BCUT2D eigenvalue weighted by Crippen LogP contribution is -2.39. The van der Waals surface area contributed by atoms with Gasteiger partial charge in [-0.05, 0) is 19.3 Å². The average molecular weight is 200 g/mol. The molecule has 0 saturated carbocycles. The highest BCUT2D eigenvalue weighted by Gasteiger charge is 2.24. The molecule has 1 rings (SSSR count). The molecule has 0 amide bonds. The summed E-state index contributed by atoms with van der Waals surface area (Å²) in [5, 5.41) is 8.78. The molecule has 0 bridgehead atoms. The van der Waals surface area contributed by atoms with Crippen LogP contribution in [0, 0.1) is 0 Å². The van der Waals surface area contributed by atoms with Gasteiger partial charge in [-0.25, -0.2) is 4.79 Å². The second-order valence-corrected chi connectivity index (χ2v) is 3.31. The third kappa shape index (κ3) is 2.70. The second-order valence-electron chi connectivity index (χ2n) is 3.31. The van der Waals surface area contributed by atoms with Gasteiger partial charge in [-0.15, -0.1) is 0 Å². The lowest BCUT2D eigenvalue weighted by molar-refractivity contribution is -0.152. The Labute approximate surface area is 83.0 Å². The number of hydrogen-bond acceptors (Lipinski definition) is 4. The Morgan fingerprint density at radius 2 is 2.57 bits per heavy atom. The van der Waals surface area contributed by atoms with E-state index in [9.17, 15) is 4.79 Å². The Bertz CT molecular complexity index is 240. The van der Waals surface area contributed by atoms with E-state index in [1.165, 1.54) is 0 Å². The molecule has 0 spiro atoms. The van der Waals surface area contributed by atoms with Gasteiger partial charge < -0.3 is 15.6 Å². The van der Waals surface area contributed by atoms with Gasteiger partial charge in [-0.3, -0.25) is 4.99 Å². The summed E-state index contributed by atoms with van der Waals surface area (Å²) in [6.07, 6.45) is 1.02. The van der Waals surface area contributed by atoms with Gasteiger partial charge >= 0.3 is 5.97 Å². The van der Waals surface area contributed by atoms with Crippen LogP contribution in [0.25, 0.3) is 0 Å². The van der Waals surface area contributed by atoms with Crippen LogP contribution in [0.4, 0.5) is 0 Å². The zero-order valence-corrected chi connectivity index (χ0v) is 8.27. The Morgan fingerprint density at radius 3 is 3.07 bits per heavy atom. The SMILES string of the molecule is CCC(OC1CCCN=C1N)C(=O)O. The number of carboxylic acid groups (broad SMARTS) is 1. The number of carboxylic acids is 1. The molecule has 0 radical (unpaired) electrons. The van der Waals surface area contributed by atoms with Gasteiger partial charge in [0.15, 0.2) is 6.10 Å². The zero-order valence-electron chi connectivity index (χ0n) is 8.27. The zero-order chi connectivity index (χ0) is 10.6. The van der Waals surface area contributed by atoms with Gasteiger partial charge in [-0.1, -0.05) is 6.92 Å². The van der Waals surface area contributed by atoms with Gasteiger partial charge in [0.1, 0.15) is 11.9 Å². The Hall–Kier alpha value is -1.10. The smallest absolute Gasteiger partial charge is 0.332 e. The number of hydrogen-bond donors (Lipinski definition) is 2. The summed E-state index contributed by atoms with van der Waals surface area (Å²) in [5.41, 5.74) is 5.61. The molecule has 5 heteroatoms. The largest absolute Gasteiger partial charge is 0.479 e. The minimum Gasteiger partial charge on any atom is -0.479 e. The van der Waals surface area contributed by atoms with Crippen molar-refractivity contribution in [1.29, 1.82) is 0 Å². The number of rotatable bonds is 4. The number of aliphatic carboxylic acids is 1. The first-order chi connectivity index (χ1) is 6.65. The lowest BCUT2D eigenvalue weighted by atomic mass is 10.1. The van der Waals surface area contributed by atoms with Gasteiger partial charge in [0.2, 0.25) is 0 Å². The molecule has 1 heterocycles. The molecular weight excluding hydrogens is 184 g/mol. The van der Waals surface area contributed by atoms with Gasteiger partial charge in [0, 0.05) is 6.54 Å². The van der Waals surface area contributed by atoms with Crippen LogP contribution < -0.4 is 5.73 Å². The molecule has 2 unspecified atom stereocenters.